The molecule has 6 atom stereocenters. The molecule has 2 aromatic rings. The van der Waals surface area contributed by atoms with Gasteiger partial charge in [0.05, 0.1) is 6.61 Å². The molecule has 2 heterocycles. The van der Waals surface area contributed by atoms with Gasteiger partial charge in [0.25, 0.3) is 0 Å². The van der Waals surface area contributed by atoms with Crippen LogP contribution in [-0.4, -0.2) is 57.7 Å². The van der Waals surface area contributed by atoms with Crippen LogP contribution in [0.3, 0.4) is 0 Å². The largest absolute Gasteiger partial charge is 0.462 e. The summed E-state index contributed by atoms with van der Waals surface area (Å²) < 4.78 is 11.2. The van der Waals surface area contributed by atoms with Crippen molar-refractivity contribution in [2.24, 2.45) is 5.73 Å². The van der Waals surface area contributed by atoms with Crippen molar-refractivity contribution in [2.75, 3.05) is 6.61 Å². The van der Waals surface area contributed by atoms with Crippen molar-refractivity contribution in [1.82, 2.24) is 5.32 Å². The Morgan fingerprint density at radius 3 is 2.63 bits per heavy atom. The number of nitrogens with one attached hydrogen (secondary N) is 1. The Balaban J connectivity index is 1.60. The highest BCUT2D eigenvalue weighted by Crippen LogP contribution is 2.34. The fourth-order valence-corrected chi connectivity index (χ4v) is 3.86. The van der Waals surface area contributed by atoms with E-state index in [1.165, 1.54) is 0 Å². The third-order valence-corrected chi connectivity index (χ3v) is 5.58. The van der Waals surface area contributed by atoms with Crippen LogP contribution in [-0.2, 0) is 4.74 Å². The van der Waals surface area contributed by atoms with E-state index in [4.69, 9.17) is 15.2 Å². The second kappa shape index (κ2) is 8.35. The molecular formula is C22H26N2O6. The monoisotopic (exact) mass is 414 g/mol. The van der Waals surface area contributed by atoms with Crippen LogP contribution in [0.1, 0.15) is 22.9 Å². The van der Waals surface area contributed by atoms with Crippen LogP contribution in [0, 0.1) is 6.92 Å². The van der Waals surface area contributed by atoms with Gasteiger partial charge in [-0.1, -0.05) is 24.3 Å². The molecule has 160 valence electrons. The smallest absolute Gasteiger partial charge is 0.229 e. The van der Waals surface area contributed by atoms with Crippen LogP contribution >= 0.6 is 0 Å². The van der Waals surface area contributed by atoms with Crippen molar-refractivity contribution in [2.45, 2.75) is 43.8 Å². The van der Waals surface area contributed by atoms with Crippen LogP contribution in [0.5, 0.6) is 5.75 Å². The van der Waals surface area contributed by atoms with Crippen molar-refractivity contribution in [3.8, 4) is 16.9 Å². The molecule has 1 fully saturated rings. The van der Waals surface area contributed by atoms with Gasteiger partial charge in [0.1, 0.15) is 36.3 Å². The number of rotatable bonds is 4. The number of fused-ring (bicyclic) bond motifs is 1. The van der Waals surface area contributed by atoms with Crippen molar-refractivity contribution in [3.63, 3.8) is 0 Å². The molecule has 0 aliphatic carbocycles. The molecule has 2 aliphatic heterocycles. The van der Waals surface area contributed by atoms with E-state index in [1.807, 2.05) is 49.5 Å². The number of nitrogens with two attached hydrogens (primary N) is 1. The fourth-order valence-electron chi connectivity index (χ4n) is 3.86. The summed E-state index contributed by atoms with van der Waals surface area (Å²) in [6.45, 7) is 1.35. The van der Waals surface area contributed by atoms with Gasteiger partial charge in [0, 0.05) is 0 Å². The third-order valence-electron chi connectivity index (χ3n) is 5.58. The predicted octanol–water partition coefficient (Wildman–Crippen LogP) is 0.372. The SMILES string of the molecule is Cc1cc(-c2cccc3c2C=CNC3N)ccc1OC1OC(CO)C(O)C(O)C1O. The van der Waals surface area contributed by atoms with Crippen LogP contribution in [0.15, 0.2) is 42.6 Å². The molecule has 8 nitrogen and oxygen atoms in total. The molecule has 2 aliphatic rings. The lowest BCUT2D eigenvalue weighted by atomic mass is 9.92. The lowest BCUT2D eigenvalue weighted by Crippen LogP contribution is -2.60. The predicted molar refractivity (Wildman–Crippen MR) is 110 cm³/mol. The first-order valence-electron chi connectivity index (χ1n) is 9.80. The van der Waals surface area contributed by atoms with Crippen molar-refractivity contribution >= 4 is 6.08 Å². The average Bonchev–Trinajstić information content (AvgIpc) is 2.75. The highest BCUT2D eigenvalue weighted by molar-refractivity contribution is 5.79. The highest BCUT2D eigenvalue weighted by atomic mass is 16.7. The minimum Gasteiger partial charge on any atom is -0.462 e. The zero-order valence-electron chi connectivity index (χ0n) is 16.5. The topological polar surface area (TPSA) is 137 Å². The van der Waals surface area contributed by atoms with E-state index in [0.29, 0.717) is 5.75 Å². The number of benzene rings is 2. The summed E-state index contributed by atoms with van der Waals surface area (Å²) in [5.74, 6) is 0.460. The molecule has 8 heteroatoms. The third kappa shape index (κ3) is 3.69. The Kier molecular flexibility index (Phi) is 5.79. The van der Waals surface area contributed by atoms with Gasteiger partial charge in [-0.15, -0.1) is 0 Å². The maximum atomic E-state index is 10.2. The average molecular weight is 414 g/mol. The van der Waals surface area contributed by atoms with Crippen LogP contribution in [0.25, 0.3) is 17.2 Å². The van der Waals surface area contributed by atoms with Gasteiger partial charge < -0.3 is 41.0 Å². The molecule has 7 N–H and O–H groups in total. The summed E-state index contributed by atoms with van der Waals surface area (Å²) in [7, 11) is 0. The van der Waals surface area contributed by atoms with Gasteiger partial charge in [-0.3, -0.25) is 0 Å². The molecule has 0 amide bonds. The molecule has 0 aromatic heterocycles. The highest BCUT2D eigenvalue weighted by Gasteiger charge is 2.44. The summed E-state index contributed by atoms with van der Waals surface area (Å²) in [5, 5.41) is 42.5. The van der Waals surface area contributed by atoms with Gasteiger partial charge in [-0.2, -0.15) is 0 Å². The normalized spacial score (nSPS) is 30.5. The number of hydrogen-bond donors (Lipinski definition) is 6. The van der Waals surface area contributed by atoms with Gasteiger partial charge in [-0.05, 0) is 59.1 Å². The molecule has 0 radical (unpaired) electrons. The van der Waals surface area contributed by atoms with E-state index in [1.54, 1.807) is 6.07 Å². The Morgan fingerprint density at radius 2 is 1.90 bits per heavy atom. The molecule has 1 saturated heterocycles. The Labute approximate surface area is 174 Å². The van der Waals surface area contributed by atoms with Crippen LogP contribution in [0.4, 0.5) is 0 Å². The van der Waals surface area contributed by atoms with E-state index in [0.717, 1.165) is 27.8 Å². The lowest BCUT2D eigenvalue weighted by Gasteiger charge is -2.39. The molecule has 0 spiro atoms. The molecule has 0 bridgehead atoms. The molecule has 4 rings (SSSR count). The van der Waals surface area contributed by atoms with Gasteiger partial charge in [0.15, 0.2) is 0 Å². The Hall–Kier alpha value is -2.46. The summed E-state index contributed by atoms with van der Waals surface area (Å²) in [6.07, 6.45) is -3.05. The number of hydrogen-bond acceptors (Lipinski definition) is 8. The van der Waals surface area contributed by atoms with Crippen molar-refractivity contribution in [1.29, 1.82) is 0 Å². The molecule has 0 saturated carbocycles. The first-order chi connectivity index (χ1) is 14.4. The lowest BCUT2D eigenvalue weighted by molar-refractivity contribution is -0.277. The molecular weight excluding hydrogens is 388 g/mol. The molecule has 2 aromatic carbocycles. The van der Waals surface area contributed by atoms with Crippen LogP contribution in [0.2, 0.25) is 0 Å². The van der Waals surface area contributed by atoms with E-state index in [-0.39, 0.29) is 6.17 Å². The second-order valence-corrected chi connectivity index (χ2v) is 7.58. The summed E-state index contributed by atoms with van der Waals surface area (Å²) in [4.78, 5) is 0. The van der Waals surface area contributed by atoms with Gasteiger partial charge in [0.2, 0.25) is 6.29 Å². The van der Waals surface area contributed by atoms with E-state index >= 15 is 0 Å². The molecule has 30 heavy (non-hydrogen) atoms. The summed E-state index contributed by atoms with van der Waals surface area (Å²) in [5.41, 5.74) is 11.0. The minimum absolute atomic E-state index is 0.264. The number of aliphatic hydroxyl groups is 4. The first kappa shape index (κ1) is 20.8. The van der Waals surface area contributed by atoms with Crippen molar-refractivity contribution < 1.29 is 29.9 Å². The number of ether oxygens (including phenoxy) is 2. The Morgan fingerprint density at radius 1 is 1.10 bits per heavy atom. The first-order valence-corrected chi connectivity index (χ1v) is 9.80. The maximum Gasteiger partial charge on any atom is 0.229 e. The second-order valence-electron chi connectivity index (χ2n) is 7.58. The van der Waals surface area contributed by atoms with Gasteiger partial charge in [-0.25, -0.2) is 0 Å². The zero-order valence-corrected chi connectivity index (χ0v) is 16.5. The maximum absolute atomic E-state index is 10.2. The van der Waals surface area contributed by atoms with Gasteiger partial charge >= 0.3 is 0 Å². The van der Waals surface area contributed by atoms with E-state index in [2.05, 4.69) is 5.32 Å². The number of aliphatic hydroxyl groups excluding tert-OH is 4. The summed E-state index contributed by atoms with van der Waals surface area (Å²) >= 11 is 0. The Bertz CT molecular complexity index is 947. The van der Waals surface area contributed by atoms with E-state index in [9.17, 15) is 20.4 Å². The quantitative estimate of drug-likeness (QED) is 0.422. The summed E-state index contributed by atoms with van der Waals surface area (Å²) in [6, 6.07) is 11.6. The fraction of sp³-hybridized carbons (Fsp3) is 0.364. The van der Waals surface area contributed by atoms with E-state index < -0.39 is 37.3 Å². The van der Waals surface area contributed by atoms with Crippen LogP contribution < -0.4 is 15.8 Å². The zero-order chi connectivity index (χ0) is 21.4. The molecule has 6 unspecified atom stereocenters. The number of aryl methyl sites for hydroxylation is 1. The standard InChI is InChI=1S/C22H26N2O6/c1-11-9-12(13-3-2-4-15-14(13)7-8-24-21(15)23)5-6-16(11)29-22-20(28)19(27)18(26)17(10-25)30-22/h2-9,17-22,24-28H,10,23H2,1H3. The minimum atomic E-state index is -1.49. The van der Waals surface area contributed by atoms with Crippen molar-refractivity contribution in [3.05, 3.63) is 59.3 Å².